The van der Waals surface area contributed by atoms with E-state index in [0.717, 1.165) is 30.6 Å². The molecule has 0 aliphatic heterocycles. The van der Waals surface area contributed by atoms with Crippen LogP contribution in [0.2, 0.25) is 0 Å². The highest BCUT2D eigenvalue weighted by molar-refractivity contribution is 5.94. The normalized spacial score (nSPS) is 11.1. The van der Waals surface area contributed by atoms with E-state index in [2.05, 4.69) is 24.3 Å². The Morgan fingerprint density at radius 3 is 1.86 bits per heavy atom. The van der Waals surface area contributed by atoms with Gasteiger partial charge in [0.15, 0.2) is 0 Å². The molecule has 37 heavy (non-hydrogen) atoms. The quantitative estimate of drug-likeness (QED) is 0.263. The Balaban J connectivity index is 0.00000308. The van der Waals surface area contributed by atoms with Crippen LogP contribution in [0.25, 0.3) is 0 Å². The SMILES string of the molecule is CC.CC.CCCCOCCOCCOCCOCCNC(=O)c1ccc(C(C)n2cc(C)cn2)cc1. The van der Waals surface area contributed by atoms with Crippen LogP contribution in [-0.4, -0.2) is 75.1 Å². The Labute approximate surface area is 225 Å². The zero-order chi connectivity index (χ0) is 27.7. The van der Waals surface area contributed by atoms with Gasteiger partial charge in [0, 0.05) is 24.9 Å². The molecule has 0 radical (unpaired) electrons. The fourth-order valence-electron chi connectivity index (χ4n) is 3.06. The van der Waals surface area contributed by atoms with Crippen molar-refractivity contribution in [1.29, 1.82) is 0 Å². The number of hydrogen-bond acceptors (Lipinski definition) is 6. The Morgan fingerprint density at radius 2 is 1.38 bits per heavy atom. The van der Waals surface area contributed by atoms with Crippen LogP contribution in [0.4, 0.5) is 0 Å². The first-order chi connectivity index (χ1) is 18.1. The average molecular weight is 522 g/mol. The molecule has 2 rings (SSSR count). The highest BCUT2D eigenvalue weighted by Gasteiger charge is 2.10. The van der Waals surface area contributed by atoms with Crippen molar-refractivity contribution in [3.63, 3.8) is 0 Å². The fraction of sp³-hybridized carbons (Fsp3) is 0.655. The number of carbonyl (C=O) groups excluding carboxylic acids is 1. The van der Waals surface area contributed by atoms with Crippen molar-refractivity contribution in [3.05, 3.63) is 53.3 Å². The summed E-state index contributed by atoms with van der Waals surface area (Å²) < 4.78 is 23.7. The van der Waals surface area contributed by atoms with E-state index in [0.29, 0.717) is 58.4 Å². The highest BCUT2D eigenvalue weighted by atomic mass is 16.6. The third kappa shape index (κ3) is 16.2. The molecular formula is C29H51N3O5. The van der Waals surface area contributed by atoms with Gasteiger partial charge in [0.25, 0.3) is 5.91 Å². The maximum absolute atomic E-state index is 12.3. The fourth-order valence-corrected chi connectivity index (χ4v) is 3.06. The second kappa shape index (κ2) is 24.1. The second-order valence-electron chi connectivity index (χ2n) is 7.85. The minimum absolute atomic E-state index is 0.111. The van der Waals surface area contributed by atoms with Crippen molar-refractivity contribution in [3.8, 4) is 0 Å². The van der Waals surface area contributed by atoms with Crippen molar-refractivity contribution in [2.75, 3.05) is 59.4 Å². The lowest BCUT2D eigenvalue weighted by Gasteiger charge is -2.13. The van der Waals surface area contributed by atoms with Crippen molar-refractivity contribution in [1.82, 2.24) is 15.1 Å². The summed E-state index contributed by atoms with van der Waals surface area (Å²) >= 11 is 0. The van der Waals surface area contributed by atoms with E-state index < -0.39 is 0 Å². The molecule has 8 nitrogen and oxygen atoms in total. The summed E-state index contributed by atoms with van der Waals surface area (Å²) in [5.74, 6) is -0.111. The van der Waals surface area contributed by atoms with Crippen LogP contribution in [0.15, 0.2) is 36.7 Å². The van der Waals surface area contributed by atoms with Crippen molar-refractivity contribution in [2.24, 2.45) is 0 Å². The molecule has 0 aliphatic rings. The lowest BCUT2D eigenvalue weighted by atomic mass is 10.1. The van der Waals surface area contributed by atoms with Crippen LogP contribution in [0.3, 0.4) is 0 Å². The van der Waals surface area contributed by atoms with E-state index in [1.54, 1.807) is 0 Å². The van der Waals surface area contributed by atoms with Gasteiger partial charge in [-0.1, -0.05) is 53.2 Å². The van der Waals surface area contributed by atoms with Gasteiger partial charge in [-0.05, 0) is 43.5 Å². The molecule has 1 atom stereocenters. The molecule has 0 spiro atoms. The first kappa shape index (κ1) is 34.7. The molecule has 0 saturated heterocycles. The minimum atomic E-state index is -0.111. The molecule has 1 N–H and O–H groups in total. The zero-order valence-corrected chi connectivity index (χ0v) is 24.3. The largest absolute Gasteiger partial charge is 0.379 e. The average Bonchev–Trinajstić information content (AvgIpc) is 3.38. The highest BCUT2D eigenvalue weighted by Crippen LogP contribution is 2.18. The van der Waals surface area contributed by atoms with Gasteiger partial charge >= 0.3 is 0 Å². The van der Waals surface area contributed by atoms with E-state index in [1.807, 2.05) is 76.0 Å². The van der Waals surface area contributed by atoms with Gasteiger partial charge in [-0.25, -0.2) is 0 Å². The summed E-state index contributed by atoms with van der Waals surface area (Å²) in [5, 5.41) is 7.23. The molecule has 0 bridgehead atoms. The van der Waals surface area contributed by atoms with E-state index in [1.165, 1.54) is 0 Å². The number of rotatable bonds is 18. The molecule has 0 saturated carbocycles. The Morgan fingerprint density at radius 1 is 0.865 bits per heavy atom. The Kier molecular flexibility index (Phi) is 22.6. The number of unbranched alkanes of at least 4 members (excludes halogenated alkanes) is 1. The summed E-state index contributed by atoms with van der Waals surface area (Å²) in [6.07, 6.45) is 6.08. The van der Waals surface area contributed by atoms with Crippen molar-refractivity contribution < 1.29 is 23.7 Å². The number of nitrogens with zero attached hydrogens (tertiary/aromatic N) is 2. The molecule has 1 heterocycles. The van der Waals surface area contributed by atoms with E-state index in [4.69, 9.17) is 18.9 Å². The van der Waals surface area contributed by atoms with Crippen LogP contribution in [0, 0.1) is 6.92 Å². The summed E-state index contributed by atoms with van der Waals surface area (Å²) in [6, 6.07) is 7.72. The lowest BCUT2D eigenvalue weighted by Crippen LogP contribution is -2.27. The standard InChI is InChI=1S/C25H39N3O5.2C2H6/c1-4-5-11-30-13-15-32-17-18-33-16-14-31-12-10-26-25(29)24-8-6-23(7-9-24)22(3)28-20-21(2)19-27-28;2*1-2/h6-9,19-20,22H,4-5,10-18H2,1-3H3,(H,26,29);2*1-2H3. The number of benzene rings is 1. The maximum Gasteiger partial charge on any atom is 0.251 e. The van der Waals surface area contributed by atoms with Gasteiger partial charge in [-0.3, -0.25) is 9.48 Å². The molecular weight excluding hydrogens is 470 g/mol. The van der Waals surface area contributed by atoms with Gasteiger partial charge in [0.1, 0.15) is 0 Å². The third-order valence-corrected chi connectivity index (χ3v) is 5.07. The molecule has 2 aromatic rings. The molecule has 0 fully saturated rings. The van der Waals surface area contributed by atoms with Crippen LogP contribution in [0.5, 0.6) is 0 Å². The number of hydrogen-bond donors (Lipinski definition) is 1. The number of ether oxygens (including phenoxy) is 4. The Bertz CT molecular complexity index is 780. The molecule has 1 aromatic carbocycles. The first-order valence-corrected chi connectivity index (χ1v) is 13.8. The van der Waals surface area contributed by atoms with E-state index >= 15 is 0 Å². The lowest BCUT2D eigenvalue weighted by molar-refractivity contribution is -0.00164. The van der Waals surface area contributed by atoms with Crippen LogP contribution in [-0.2, 0) is 18.9 Å². The molecule has 1 unspecified atom stereocenters. The van der Waals surface area contributed by atoms with Gasteiger partial charge in [0.2, 0.25) is 0 Å². The number of amides is 1. The third-order valence-electron chi connectivity index (χ3n) is 5.07. The number of carbonyl (C=O) groups is 1. The molecule has 212 valence electrons. The zero-order valence-electron chi connectivity index (χ0n) is 24.3. The topological polar surface area (TPSA) is 83.8 Å². The first-order valence-electron chi connectivity index (χ1n) is 13.8. The number of nitrogens with one attached hydrogen (secondary N) is 1. The molecule has 1 aromatic heterocycles. The predicted molar refractivity (Wildman–Crippen MR) is 150 cm³/mol. The summed E-state index contributed by atoms with van der Waals surface area (Å²) in [6.45, 7) is 19.2. The predicted octanol–water partition coefficient (Wildman–Crippen LogP) is 5.45. The van der Waals surface area contributed by atoms with Crippen LogP contribution >= 0.6 is 0 Å². The minimum Gasteiger partial charge on any atom is -0.379 e. The number of aromatic nitrogens is 2. The van der Waals surface area contributed by atoms with Crippen LogP contribution < -0.4 is 5.32 Å². The van der Waals surface area contributed by atoms with Gasteiger partial charge in [-0.15, -0.1) is 0 Å². The monoisotopic (exact) mass is 521 g/mol. The second-order valence-corrected chi connectivity index (χ2v) is 7.85. The van der Waals surface area contributed by atoms with E-state index in [9.17, 15) is 4.79 Å². The van der Waals surface area contributed by atoms with E-state index in [-0.39, 0.29) is 11.9 Å². The summed E-state index contributed by atoms with van der Waals surface area (Å²) in [7, 11) is 0. The maximum atomic E-state index is 12.3. The van der Waals surface area contributed by atoms with Crippen molar-refractivity contribution in [2.45, 2.75) is 67.3 Å². The van der Waals surface area contributed by atoms with Gasteiger partial charge < -0.3 is 24.3 Å². The Hall–Kier alpha value is -2.26. The molecule has 0 aliphatic carbocycles. The summed E-state index contributed by atoms with van der Waals surface area (Å²) in [5.41, 5.74) is 2.85. The molecule has 1 amide bonds. The summed E-state index contributed by atoms with van der Waals surface area (Å²) in [4.78, 5) is 12.3. The smallest absolute Gasteiger partial charge is 0.251 e. The van der Waals surface area contributed by atoms with Gasteiger partial charge in [0.05, 0.1) is 58.5 Å². The van der Waals surface area contributed by atoms with Crippen molar-refractivity contribution >= 4 is 5.91 Å². The van der Waals surface area contributed by atoms with Gasteiger partial charge in [-0.2, -0.15) is 5.10 Å². The van der Waals surface area contributed by atoms with Crippen LogP contribution in [0.1, 0.15) is 81.9 Å². The molecule has 8 heteroatoms. The number of aryl methyl sites for hydroxylation is 1.